The van der Waals surface area contributed by atoms with Crippen molar-refractivity contribution in [1.82, 2.24) is 10.1 Å². The minimum absolute atomic E-state index is 0.334. The second kappa shape index (κ2) is 3.05. The van der Waals surface area contributed by atoms with Crippen molar-refractivity contribution in [2.75, 3.05) is 0 Å². The fourth-order valence-corrected chi connectivity index (χ4v) is 1.41. The highest BCUT2D eigenvalue weighted by molar-refractivity contribution is 6.16. The first-order chi connectivity index (χ1) is 5.81. The van der Waals surface area contributed by atoms with Gasteiger partial charge in [-0.3, -0.25) is 0 Å². The number of aromatic nitrogens is 2. The molecule has 1 aromatic heterocycles. The van der Waals surface area contributed by atoms with Gasteiger partial charge < -0.3 is 4.52 Å². The molecule has 1 saturated carbocycles. The van der Waals surface area contributed by atoms with E-state index in [2.05, 4.69) is 17.1 Å². The molecule has 1 aliphatic rings. The minimum atomic E-state index is 0.334. The van der Waals surface area contributed by atoms with Gasteiger partial charge in [-0.05, 0) is 18.8 Å². The summed E-state index contributed by atoms with van der Waals surface area (Å²) in [5, 5.41) is 3.75. The molecule has 0 saturated heterocycles. The summed E-state index contributed by atoms with van der Waals surface area (Å²) in [5.41, 5.74) is 0. The normalized spacial score (nSPS) is 19.5. The molecule has 3 nitrogen and oxygen atoms in total. The van der Waals surface area contributed by atoms with Crippen LogP contribution in [0.25, 0.3) is 0 Å². The molecule has 0 aliphatic heterocycles. The van der Waals surface area contributed by atoms with E-state index in [9.17, 15) is 0 Å². The monoisotopic (exact) mass is 186 g/mol. The van der Waals surface area contributed by atoms with Gasteiger partial charge in [-0.15, -0.1) is 11.6 Å². The maximum absolute atomic E-state index is 5.56. The van der Waals surface area contributed by atoms with E-state index in [0.717, 1.165) is 11.8 Å². The zero-order valence-corrected chi connectivity index (χ0v) is 7.71. The first-order valence-corrected chi connectivity index (χ1v) is 4.73. The van der Waals surface area contributed by atoms with Crippen LogP contribution >= 0.6 is 11.6 Å². The van der Waals surface area contributed by atoms with Gasteiger partial charge in [0.15, 0.2) is 5.82 Å². The SMILES string of the molecule is CC(c1nc(CCl)no1)C1CC1. The Balaban J connectivity index is 2.10. The summed E-state index contributed by atoms with van der Waals surface area (Å²) in [6.07, 6.45) is 2.58. The van der Waals surface area contributed by atoms with Crippen molar-refractivity contribution in [3.8, 4) is 0 Å². The average Bonchev–Trinajstić information content (AvgIpc) is 2.82. The van der Waals surface area contributed by atoms with Crippen LogP contribution in [0.3, 0.4) is 0 Å². The first kappa shape index (κ1) is 8.05. The van der Waals surface area contributed by atoms with E-state index in [1.807, 2.05) is 0 Å². The van der Waals surface area contributed by atoms with Gasteiger partial charge in [0.2, 0.25) is 5.89 Å². The van der Waals surface area contributed by atoms with Gasteiger partial charge in [0.25, 0.3) is 0 Å². The van der Waals surface area contributed by atoms with E-state index in [0.29, 0.717) is 17.6 Å². The lowest BCUT2D eigenvalue weighted by molar-refractivity contribution is 0.346. The molecular weight excluding hydrogens is 176 g/mol. The average molecular weight is 187 g/mol. The highest BCUT2D eigenvalue weighted by Crippen LogP contribution is 2.41. The molecular formula is C8H11ClN2O. The molecule has 66 valence electrons. The number of nitrogens with zero attached hydrogens (tertiary/aromatic N) is 2. The predicted octanol–water partition coefficient (Wildman–Crippen LogP) is 2.32. The molecule has 1 aliphatic carbocycles. The van der Waals surface area contributed by atoms with Crippen LogP contribution in [0.4, 0.5) is 0 Å². The summed E-state index contributed by atoms with van der Waals surface area (Å²) in [4.78, 5) is 4.18. The Bertz CT molecular complexity index is 270. The van der Waals surface area contributed by atoms with E-state index in [4.69, 9.17) is 16.1 Å². The zero-order chi connectivity index (χ0) is 8.55. The first-order valence-electron chi connectivity index (χ1n) is 4.19. The van der Waals surface area contributed by atoms with E-state index in [1.165, 1.54) is 12.8 Å². The lowest BCUT2D eigenvalue weighted by Gasteiger charge is -2.00. The molecule has 0 radical (unpaired) electrons. The second-order valence-corrected chi connectivity index (χ2v) is 3.58. The second-order valence-electron chi connectivity index (χ2n) is 3.31. The fourth-order valence-electron chi connectivity index (χ4n) is 1.30. The summed E-state index contributed by atoms with van der Waals surface area (Å²) in [6, 6.07) is 0. The van der Waals surface area contributed by atoms with Crippen molar-refractivity contribution < 1.29 is 4.52 Å². The van der Waals surface area contributed by atoms with Crippen molar-refractivity contribution in [3.63, 3.8) is 0 Å². The minimum Gasteiger partial charge on any atom is -0.339 e. The third kappa shape index (κ3) is 1.46. The molecule has 1 heterocycles. The quantitative estimate of drug-likeness (QED) is 0.681. The van der Waals surface area contributed by atoms with Gasteiger partial charge in [-0.1, -0.05) is 12.1 Å². The lowest BCUT2D eigenvalue weighted by Crippen LogP contribution is -1.95. The van der Waals surface area contributed by atoms with Gasteiger partial charge in [-0.2, -0.15) is 4.98 Å². The maximum atomic E-state index is 5.56. The highest BCUT2D eigenvalue weighted by Gasteiger charge is 2.32. The molecule has 1 aromatic rings. The number of alkyl halides is 1. The topological polar surface area (TPSA) is 38.9 Å². The summed E-state index contributed by atoms with van der Waals surface area (Å²) in [5.74, 6) is 2.84. The van der Waals surface area contributed by atoms with E-state index in [1.54, 1.807) is 0 Å². The molecule has 0 spiro atoms. The van der Waals surface area contributed by atoms with Crippen LogP contribution in [0.5, 0.6) is 0 Å². The van der Waals surface area contributed by atoms with Crippen molar-refractivity contribution in [2.24, 2.45) is 5.92 Å². The third-order valence-electron chi connectivity index (χ3n) is 2.32. The fraction of sp³-hybridized carbons (Fsp3) is 0.750. The Labute approximate surface area is 76.1 Å². The van der Waals surface area contributed by atoms with Crippen molar-refractivity contribution in [2.45, 2.75) is 31.6 Å². The molecule has 1 atom stereocenters. The third-order valence-corrected chi connectivity index (χ3v) is 2.56. The number of hydrogen-bond donors (Lipinski definition) is 0. The molecule has 0 amide bonds. The van der Waals surface area contributed by atoms with E-state index >= 15 is 0 Å². The van der Waals surface area contributed by atoms with Crippen molar-refractivity contribution in [3.05, 3.63) is 11.7 Å². The molecule has 2 rings (SSSR count). The highest BCUT2D eigenvalue weighted by atomic mass is 35.5. The van der Waals surface area contributed by atoms with Gasteiger partial charge in [0, 0.05) is 5.92 Å². The van der Waals surface area contributed by atoms with Crippen molar-refractivity contribution in [1.29, 1.82) is 0 Å². The maximum Gasteiger partial charge on any atom is 0.229 e. The molecule has 12 heavy (non-hydrogen) atoms. The number of hydrogen-bond acceptors (Lipinski definition) is 3. The van der Waals surface area contributed by atoms with Crippen LogP contribution in [0.15, 0.2) is 4.52 Å². The van der Waals surface area contributed by atoms with E-state index in [-0.39, 0.29) is 0 Å². The molecule has 0 N–H and O–H groups in total. The summed E-state index contributed by atoms with van der Waals surface area (Å²) in [6.45, 7) is 2.13. The molecule has 1 fully saturated rings. The van der Waals surface area contributed by atoms with Crippen LogP contribution in [0.1, 0.15) is 37.4 Å². The number of halogens is 1. The van der Waals surface area contributed by atoms with Crippen LogP contribution < -0.4 is 0 Å². The molecule has 0 aromatic carbocycles. The van der Waals surface area contributed by atoms with Gasteiger partial charge in [0.05, 0.1) is 5.88 Å². The Kier molecular flexibility index (Phi) is 2.05. The van der Waals surface area contributed by atoms with Crippen molar-refractivity contribution >= 4 is 11.6 Å². The lowest BCUT2D eigenvalue weighted by atomic mass is 10.1. The Morgan fingerprint density at radius 1 is 1.67 bits per heavy atom. The van der Waals surface area contributed by atoms with Crippen LogP contribution in [0.2, 0.25) is 0 Å². The van der Waals surface area contributed by atoms with E-state index < -0.39 is 0 Å². The van der Waals surface area contributed by atoms with Crippen LogP contribution in [-0.4, -0.2) is 10.1 Å². The predicted molar refractivity (Wildman–Crippen MR) is 45.0 cm³/mol. The van der Waals surface area contributed by atoms with Gasteiger partial charge >= 0.3 is 0 Å². The molecule has 1 unspecified atom stereocenters. The van der Waals surface area contributed by atoms with Gasteiger partial charge in [-0.25, -0.2) is 0 Å². The standard InChI is InChI=1S/C8H11ClN2O/c1-5(6-2-3-6)8-10-7(4-9)11-12-8/h5-6H,2-4H2,1H3. The Hall–Kier alpha value is -0.570. The Morgan fingerprint density at radius 2 is 2.42 bits per heavy atom. The van der Waals surface area contributed by atoms with Crippen LogP contribution in [0, 0.1) is 5.92 Å². The molecule has 4 heteroatoms. The summed E-state index contributed by atoms with van der Waals surface area (Å²) in [7, 11) is 0. The molecule has 0 bridgehead atoms. The van der Waals surface area contributed by atoms with Gasteiger partial charge in [0.1, 0.15) is 0 Å². The Morgan fingerprint density at radius 3 is 2.92 bits per heavy atom. The summed E-state index contributed by atoms with van der Waals surface area (Å²) < 4.78 is 5.07. The largest absolute Gasteiger partial charge is 0.339 e. The number of rotatable bonds is 3. The summed E-state index contributed by atoms with van der Waals surface area (Å²) >= 11 is 5.56. The smallest absolute Gasteiger partial charge is 0.229 e. The van der Waals surface area contributed by atoms with Crippen LogP contribution in [-0.2, 0) is 5.88 Å². The zero-order valence-electron chi connectivity index (χ0n) is 6.96.